The standard InChI is InChI=1S/C17H27N3/c1-13(18-2)15-9-10-19-17(12-15)20-11-5-7-14-6-3-4-8-16(14)20/h9-10,12-14,16,18H,3-8,11H2,1-2H3. The highest BCUT2D eigenvalue weighted by molar-refractivity contribution is 5.44. The van der Waals surface area contributed by atoms with Crippen molar-refractivity contribution in [1.82, 2.24) is 10.3 Å². The number of hydrogen-bond donors (Lipinski definition) is 1. The fourth-order valence-electron chi connectivity index (χ4n) is 3.94. The van der Waals surface area contributed by atoms with Crippen LogP contribution >= 0.6 is 0 Å². The highest BCUT2D eigenvalue weighted by Crippen LogP contribution is 2.37. The Hall–Kier alpha value is -1.09. The Morgan fingerprint density at radius 1 is 1.25 bits per heavy atom. The molecule has 1 aromatic rings. The van der Waals surface area contributed by atoms with E-state index in [0.29, 0.717) is 6.04 Å². The van der Waals surface area contributed by atoms with Crippen LogP contribution in [0.3, 0.4) is 0 Å². The van der Waals surface area contributed by atoms with Crippen LogP contribution in [0.25, 0.3) is 0 Å². The predicted molar refractivity (Wildman–Crippen MR) is 84.0 cm³/mol. The molecule has 2 fully saturated rings. The van der Waals surface area contributed by atoms with Crippen LogP contribution in [0.4, 0.5) is 5.82 Å². The Labute approximate surface area is 122 Å². The Kier molecular flexibility index (Phi) is 4.25. The number of hydrogen-bond acceptors (Lipinski definition) is 3. The molecule has 0 amide bonds. The summed E-state index contributed by atoms with van der Waals surface area (Å²) in [5.41, 5.74) is 1.34. The maximum Gasteiger partial charge on any atom is 0.129 e. The first kappa shape index (κ1) is 13.9. The van der Waals surface area contributed by atoms with Gasteiger partial charge in [-0.25, -0.2) is 4.98 Å². The van der Waals surface area contributed by atoms with Gasteiger partial charge < -0.3 is 10.2 Å². The maximum absolute atomic E-state index is 4.67. The molecular formula is C17H27N3. The molecule has 3 rings (SSSR count). The molecule has 1 aliphatic heterocycles. The predicted octanol–water partition coefficient (Wildman–Crippen LogP) is 3.52. The molecule has 2 aliphatic rings. The van der Waals surface area contributed by atoms with Crippen LogP contribution in [0.15, 0.2) is 18.3 Å². The van der Waals surface area contributed by atoms with E-state index < -0.39 is 0 Å². The van der Waals surface area contributed by atoms with Crippen LogP contribution in [0.5, 0.6) is 0 Å². The van der Waals surface area contributed by atoms with E-state index in [1.54, 1.807) is 0 Å². The van der Waals surface area contributed by atoms with Crippen LogP contribution < -0.4 is 10.2 Å². The van der Waals surface area contributed by atoms with Crippen LogP contribution in [0.2, 0.25) is 0 Å². The number of rotatable bonds is 3. The molecule has 0 aromatic carbocycles. The van der Waals surface area contributed by atoms with E-state index in [1.165, 1.54) is 56.5 Å². The molecule has 110 valence electrons. The van der Waals surface area contributed by atoms with Crippen molar-refractivity contribution in [1.29, 1.82) is 0 Å². The molecule has 3 nitrogen and oxygen atoms in total. The third-order valence-corrected chi connectivity index (χ3v) is 5.24. The normalized spacial score (nSPS) is 28.0. The van der Waals surface area contributed by atoms with Gasteiger partial charge >= 0.3 is 0 Å². The average Bonchev–Trinajstić information content (AvgIpc) is 2.53. The van der Waals surface area contributed by atoms with E-state index in [0.717, 1.165) is 12.0 Å². The van der Waals surface area contributed by atoms with Crippen molar-refractivity contribution in [3.05, 3.63) is 23.9 Å². The first-order valence-corrected chi connectivity index (χ1v) is 8.19. The number of fused-ring (bicyclic) bond motifs is 1. The fraction of sp³-hybridized carbons (Fsp3) is 0.706. The first-order valence-electron chi connectivity index (χ1n) is 8.19. The lowest BCUT2D eigenvalue weighted by molar-refractivity contribution is 0.242. The monoisotopic (exact) mass is 273 g/mol. The summed E-state index contributed by atoms with van der Waals surface area (Å²) in [6.07, 6.45) is 10.3. The second-order valence-electron chi connectivity index (χ2n) is 6.41. The lowest BCUT2D eigenvalue weighted by Crippen LogP contribution is -2.47. The molecule has 3 unspecified atom stereocenters. The van der Waals surface area contributed by atoms with Gasteiger partial charge in [0.25, 0.3) is 0 Å². The van der Waals surface area contributed by atoms with Crippen LogP contribution in [0.1, 0.15) is 57.1 Å². The van der Waals surface area contributed by atoms with Crippen LogP contribution in [-0.4, -0.2) is 24.6 Å². The second kappa shape index (κ2) is 6.13. The van der Waals surface area contributed by atoms with Crippen molar-refractivity contribution in [2.24, 2.45) is 5.92 Å². The summed E-state index contributed by atoms with van der Waals surface area (Å²) in [5, 5.41) is 3.32. The number of piperidine rings is 1. The SMILES string of the molecule is CNC(C)c1ccnc(N2CCCC3CCCCC32)c1. The fourth-order valence-corrected chi connectivity index (χ4v) is 3.94. The minimum absolute atomic E-state index is 0.392. The Balaban J connectivity index is 1.83. The van der Waals surface area contributed by atoms with Crippen LogP contribution in [0, 0.1) is 5.92 Å². The minimum Gasteiger partial charge on any atom is -0.353 e. The zero-order chi connectivity index (χ0) is 13.9. The van der Waals surface area contributed by atoms with Gasteiger partial charge in [-0.2, -0.15) is 0 Å². The lowest BCUT2D eigenvalue weighted by atomic mass is 9.78. The summed E-state index contributed by atoms with van der Waals surface area (Å²) >= 11 is 0. The molecule has 1 saturated heterocycles. The molecule has 3 heteroatoms. The van der Waals surface area contributed by atoms with E-state index in [4.69, 9.17) is 0 Å². The Bertz CT molecular complexity index is 444. The zero-order valence-electron chi connectivity index (χ0n) is 12.8. The van der Waals surface area contributed by atoms with Gasteiger partial charge in [-0.15, -0.1) is 0 Å². The van der Waals surface area contributed by atoms with Gasteiger partial charge in [-0.3, -0.25) is 0 Å². The molecule has 0 spiro atoms. The highest BCUT2D eigenvalue weighted by atomic mass is 15.2. The molecule has 3 atom stereocenters. The smallest absolute Gasteiger partial charge is 0.129 e. The zero-order valence-corrected chi connectivity index (χ0v) is 12.8. The summed E-state index contributed by atoms with van der Waals surface area (Å²) < 4.78 is 0. The van der Waals surface area contributed by atoms with Crippen molar-refractivity contribution >= 4 is 5.82 Å². The molecule has 0 radical (unpaired) electrons. The summed E-state index contributed by atoms with van der Waals surface area (Å²) in [7, 11) is 2.02. The molecule has 1 saturated carbocycles. The van der Waals surface area contributed by atoms with Crippen molar-refractivity contribution in [2.75, 3.05) is 18.5 Å². The summed E-state index contributed by atoms with van der Waals surface area (Å²) in [6.45, 7) is 3.39. The first-order chi connectivity index (χ1) is 9.79. The second-order valence-corrected chi connectivity index (χ2v) is 6.41. The summed E-state index contributed by atoms with van der Waals surface area (Å²) in [5.74, 6) is 2.10. The number of pyridine rings is 1. The summed E-state index contributed by atoms with van der Waals surface area (Å²) in [6, 6.07) is 5.55. The topological polar surface area (TPSA) is 28.2 Å². The molecule has 1 aliphatic carbocycles. The van der Waals surface area contributed by atoms with E-state index in [1.807, 2.05) is 13.2 Å². The van der Waals surface area contributed by atoms with Gasteiger partial charge in [0, 0.05) is 24.8 Å². The molecule has 1 aromatic heterocycles. The van der Waals surface area contributed by atoms with Gasteiger partial charge in [0.2, 0.25) is 0 Å². The Morgan fingerprint density at radius 3 is 2.90 bits per heavy atom. The number of nitrogens with zero attached hydrogens (tertiary/aromatic N) is 2. The van der Waals surface area contributed by atoms with Crippen molar-refractivity contribution < 1.29 is 0 Å². The maximum atomic E-state index is 4.67. The Morgan fingerprint density at radius 2 is 2.05 bits per heavy atom. The third kappa shape index (κ3) is 2.69. The van der Waals surface area contributed by atoms with Gasteiger partial charge in [0.1, 0.15) is 5.82 Å². The van der Waals surface area contributed by atoms with E-state index >= 15 is 0 Å². The van der Waals surface area contributed by atoms with Gasteiger partial charge in [-0.05, 0) is 63.3 Å². The minimum atomic E-state index is 0.392. The van der Waals surface area contributed by atoms with E-state index in [2.05, 4.69) is 34.3 Å². The highest BCUT2D eigenvalue weighted by Gasteiger charge is 2.33. The quantitative estimate of drug-likeness (QED) is 0.913. The van der Waals surface area contributed by atoms with Crippen molar-refractivity contribution in [3.8, 4) is 0 Å². The summed E-state index contributed by atoms with van der Waals surface area (Å²) in [4.78, 5) is 7.27. The lowest BCUT2D eigenvalue weighted by Gasteiger charge is -2.45. The van der Waals surface area contributed by atoms with E-state index in [-0.39, 0.29) is 0 Å². The number of aromatic nitrogens is 1. The van der Waals surface area contributed by atoms with Gasteiger partial charge in [0.05, 0.1) is 0 Å². The van der Waals surface area contributed by atoms with Crippen LogP contribution in [-0.2, 0) is 0 Å². The molecular weight excluding hydrogens is 246 g/mol. The van der Waals surface area contributed by atoms with Gasteiger partial charge in [-0.1, -0.05) is 12.8 Å². The number of anilines is 1. The average molecular weight is 273 g/mol. The molecule has 20 heavy (non-hydrogen) atoms. The largest absolute Gasteiger partial charge is 0.353 e. The van der Waals surface area contributed by atoms with E-state index in [9.17, 15) is 0 Å². The number of nitrogens with one attached hydrogen (secondary N) is 1. The molecule has 2 heterocycles. The molecule has 1 N–H and O–H groups in total. The van der Waals surface area contributed by atoms with Crippen molar-refractivity contribution in [3.63, 3.8) is 0 Å². The third-order valence-electron chi connectivity index (χ3n) is 5.24. The van der Waals surface area contributed by atoms with Crippen molar-refractivity contribution in [2.45, 2.75) is 57.5 Å². The molecule has 0 bridgehead atoms. The van der Waals surface area contributed by atoms with Gasteiger partial charge in [0.15, 0.2) is 0 Å².